The summed E-state index contributed by atoms with van der Waals surface area (Å²) in [4.78, 5) is 63.9. The molecule has 1 heterocycles. The molecular weight excluding hydrogens is 486 g/mol. The number of hydrogen-bond acceptors (Lipinski definition) is 7. The van der Waals surface area contributed by atoms with E-state index in [1.54, 1.807) is 20.0 Å². The standard InChI is InChI=1S/C24H33N5O8/c1-12(2)7-17(22(34)29-19(11-30)24(36)37)28-23(35)18(9-20(31)32)27-21(33)15(25)8-13-10-26-16-6-4-3-5-14(13)16/h3-6,10,12,15,17-19,26,30H,7-9,11,25H2,1-2H3,(H,27,33)(H,28,35)(H,29,34)(H,31,32)(H,36,37). The Morgan fingerprint density at radius 1 is 0.919 bits per heavy atom. The predicted octanol–water partition coefficient (Wildman–Crippen LogP) is -0.910. The molecule has 9 N–H and O–H groups in total. The lowest BCUT2D eigenvalue weighted by Gasteiger charge is -2.25. The van der Waals surface area contributed by atoms with Crippen LogP contribution in [0.15, 0.2) is 30.5 Å². The van der Waals surface area contributed by atoms with Gasteiger partial charge in [0.25, 0.3) is 0 Å². The number of para-hydroxylation sites is 1. The zero-order valence-corrected chi connectivity index (χ0v) is 20.6. The van der Waals surface area contributed by atoms with Crippen LogP contribution in [-0.2, 0) is 30.4 Å². The first kappa shape index (κ1) is 29.3. The minimum atomic E-state index is -1.59. The van der Waals surface area contributed by atoms with Gasteiger partial charge < -0.3 is 42.0 Å². The normalized spacial score (nSPS) is 14.4. The molecule has 4 atom stereocenters. The largest absolute Gasteiger partial charge is 0.481 e. The number of aliphatic carboxylic acids is 2. The number of benzene rings is 1. The molecule has 0 radical (unpaired) electrons. The van der Waals surface area contributed by atoms with E-state index < -0.39 is 66.9 Å². The number of amides is 3. The number of rotatable bonds is 14. The SMILES string of the molecule is CC(C)CC(NC(=O)C(CC(=O)O)NC(=O)C(N)Cc1c[nH]c2ccccc12)C(=O)NC(CO)C(=O)O. The molecule has 13 heteroatoms. The molecule has 1 aromatic carbocycles. The van der Waals surface area contributed by atoms with E-state index in [1.807, 2.05) is 24.3 Å². The van der Waals surface area contributed by atoms with Gasteiger partial charge in [-0.2, -0.15) is 0 Å². The van der Waals surface area contributed by atoms with Gasteiger partial charge in [-0.25, -0.2) is 4.79 Å². The number of carboxylic acids is 2. The lowest BCUT2D eigenvalue weighted by molar-refractivity contribution is -0.144. The van der Waals surface area contributed by atoms with Crippen molar-refractivity contribution in [2.24, 2.45) is 11.7 Å². The van der Waals surface area contributed by atoms with Crippen molar-refractivity contribution in [3.05, 3.63) is 36.0 Å². The lowest BCUT2D eigenvalue weighted by Crippen LogP contribution is -2.58. The van der Waals surface area contributed by atoms with Crippen LogP contribution >= 0.6 is 0 Å². The first-order valence-corrected chi connectivity index (χ1v) is 11.7. The summed E-state index contributed by atoms with van der Waals surface area (Å²) < 4.78 is 0. The molecule has 13 nitrogen and oxygen atoms in total. The van der Waals surface area contributed by atoms with E-state index in [-0.39, 0.29) is 18.8 Å². The van der Waals surface area contributed by atoms with Crippen molar-refractivity contribution >= 4 is 40.6 Å². The van der Waals surface area contributed by atoms with Crippen molar-refractivity contribution < 1.29 is 39.3 Å². The molecule has 0 bridgehead atoms. The molecule has 0 aliphatic carbocycles. The number of aromatic nitrogens is 1. The summed E-state index contributed by atoms with van der Waals surface area (Å²) in [5.74, 6) is -5.55. The first-order valence-electron chi connectivity index (χ1n) is 11.7. The van der Waals surface area contributed by atoms with Gasteiger partial charge in [0.2, 0.25) is 17.7 Å². The van der Waals surface area contributed by atoms with E-state index in [2.05, 4.69) is 20.9 Å². The van der Waals surface area contributed by atoms with Crippen LogP contribution < -0.4 is 21.7 Å². The van der Waals surface area contributed by atoms with Crippen molar-refractivity contribution in [3.8, 4) is 0 Å². The van der Waals surface area contributed by atoms with Crippen molar-refractivity contribution in [2.75, 3.05) is 6.61 Å². The van der Waals surface area contributed by atoms with Crippen LogP contribution in [0.1, 0.15) is 32.3 Å². The molecule has 0 saturated heterocycles. The molecule has 0 aliphatic rings. The summed E-state index contributed by atoms with van der Waals surface area (Å²) in [6, 6.07) is 1.93. The third-order valence-corrected chi connectivity index (χ3v) is 5.60. The van der Waals surface area contributed by atoms with Gasteiger partial charge >= 0.3 is 11.9 Å². The molecule has 3 amide bonds. The molecule has 0 saturated carbocycles. The van der Waals surface area contributed by atoms with Gasteiger partial charge in [0.1, 0.15) is 18.1 Å². The summed E-state index contributed by atoms with van der Waals surface area (Å²) in [5.41, 5.74) is 7.67. The molecule has 0 spiro atoms. The molecule has 37 heavy (non-hydrogen) atoms. The van der Waals surface area contributed by atoms with Gasteiger partial charge in [0.15, 0.2) is 0 Å². The van der Waals surface area contributed by atoms with Crippen molar-refractivity contribution in [1.29, 1.82) is 0 Å². The molecule has 202 valence electrons. The van der Waals surface area contributed by atoms with Gasteiger partial charge in [0.05, 0.1) is 19.1 Å². The highest BCUT2D eigenvalue weighted by Gasteiger charge is 2.31. The van der Waals surface area contributed by atoms with Crippen LogP contribution in [0.25, 0.3) is 10.9 Å². The lowest BCUT2D eigenvalue weighted by atomic mass is 10.0. The van der Waals surface area contributed by atoms with Gasteiger partial charge in [-0.05, 0) is 30.4 Å². The molecule has 2 rings (SSSR count). The van der Waals surface area contributed by atoms with Crippen LogP contribution in [0.3, 0.4) is 0 Å². The summed E-state index contributed by atoms with van der Waals surface area (Å²) in [7, 11) is 0. The van der Waals surface area contributed by atoms with Gasteiger partial charge in [0, 0.05) is 17.1 Å². The number of aromatic amines is 1. The Morgan fingerprint density at radius 3 is 2.11 bits per heavy atom. The smallest absolute Gasteiger partial charge is 0.328 e. The molecule has 1 aromatic heterocycles. The third kappa shape index (κ3) is 8.58. The molecule has 0 fully saturated rings. The maximum absolute atomic E-state index is 12.9. The molecule has 4 unspecified atom stereocenters. The highest BCUT2D eigenvalue weighted by atomic mass is 16.4. The first-order chi connectivity index (χ1) is 17.4. The number of nitrogens with one attached hydrogen (secondary N) is 4. The average molecular weight is 520 g/mol. The predicted molar refractivity (Wildman–Crippen MR) is 132 cm³/mol. The second-order valence-corrected chi connectivity index (χ2v) is 9.10. The van der Waals surface area contributed by atoms with Crippen LogP contribution in [0.5, 0.6) is 0 Å². The van der Waals surface area contributed by atoms with Gasteiger partial charge in [-0.15, -0.1) is 0 Å². The van der Waals surface area contributed by atoms with Crippen LogP contribution in [0.2, 0.25) is 0 Å². The summed E-state index contributed by atoms with van der Waals surface area (Å²) in [6.45, 7) is 2.65. The minimum absolute atomic E-state index is 0.0865. The fourth-order valence-electron chi connectivity index (χ4n) is 3.73. The highest BCUT2D eigenvalue weighted by Crippen LogP contribution is 2.18. The van der Waals surface area contributed by atoms with Crippen LogP contribution in [0.4, 0.5) is 0 Å². The fraction of sp³-hybridized carbons (Fsp3) is 0.458. The van der Waals surface area contributed by atoms with Gasteiger partial charge in [-0.1, -0.05) is 32.0 Å². The second kappa shape index (κ2) is 13.4. The average Bonchev–Trinajstić information content (AvgIpc) is 3.23. The Morgan fingerprint density at radius 2 is 1.51 bits per heavy atom. The fourth-order valence-corrected chi connectivity index (χ4v) is 3.73. The number of nitrogens with two attached hydrogens (primary N) is 1. The number of aliphatic hydroxyl groups excluding tert-OH is 1. The molecule has 2 aromatic rings. The second-order valence-electron chi connectivity index (χ2n) is 9.10. The Kier molecular flexibility index (Phi) is 10.6. The minimum Gasteiger partial charge on any atom is -0.481 e. The molecule has 0 aliphatic heterocycles. The van der Waals surface area contributed by atoms with Gasteiger partial charge in [-0.3, -0.25) is 19.2 Å². The van der Waals surface area contributed by atoms with Crippen LogP contribution in [0, 0.1) is 5.92 Å². The van der Waals surface area contributed by atoms with E-state index in [9.17, 15) is 34.2 Å². The number of aliphatic hydroxyl groups is 1. The number of H-pyrrole nitrogens is 1. The monoisotopic (exact) mass is 519 g/mol. The Labute approximate surface area is 212 Å². The maximum Gasteiger partial charge on any atom is 0.328 e. The Bertz CT molecular complexity index is 1130. The third-order valence-electron chi connectivity index (χ3n) is 5.60. The summed E-state index contributed by atoms with van der Waals surface area (Å²) in [5, 5.41) is 35.2. The van der Waals surface area contributed by atoms with Crippen LogP contribution in [-0.4, -0.2) is 80.7 Å². The number of fused-ring (bicyclic) bond motifs is 1. The van der Waals surface area contributed by atoms with E-state index in [0.717, 1.165) is 16.5 Å². The number of carbonyl (C=O) groups is 5. The Balaban J connectivity index is 2.12. The van der Waals surface area contributed by atoms with Crippen molar-refractivity contribution in [3.63, 3.8) is 0 Å². The van der Waals surface area contributed by atoms with Crippen molar-refractivity contribution in [1.82, 2.24) is 20.9 Å². The zero-order valence-electron chi connectivity index (χ0n) is 20.6. The van der Waals surface area contributed by atoms with E-state index in [4.69, 9.17) is 10.8 Å². The van der Waals surface area contributed by atoms with E-state index >= 15 is 0 Å². The van der Waals surface area contributed by atoms with Crippen molar-refractivity contribution in [2.45, 2.75) is 57.3 Å². The summed E-state index contributed by atoms with van der Waals surface area (Å²) >= 11 is 0. The summed E-state index contributed by atoms with van der Waals surface area (Å²) in [6.07, 6.45) is 1.14. The maximum atomic E-state index is 12.9. The zero-order chi connectivity index (χ0) is 27.7. The quantitative estimate of drug-likeness (QED) is 0.154. The van der Waals surface area contributed by atoms with E-state index in [1.165, 1.54) is 0 Å². The molecular formula is C24H33N5O8. The Hall–Kier alpha value is -3.97. The number of carboxylic acid groups (broad SMARTS) is 2. The number of hydrogen-bond donors (Lipinski definition) is 8. The van der Waals surface area contributed by atoms with E-state index in [0.29, 0.717) is 0 Å². The topological polar surface area (TPSA) is 224 Å². The highest BCUT2D eigenvalue weighted by molar-refractivity contribution is 5.96. The number of carbonyl (C=O) groups excluding carboxylic acids is 3.